The average molecular weight is 320 g/mol. The normalized spacial score (nSPS) is 22.6. The molecule has 4 heteroatoms. The number of ether oxygens (including phenoxy) is 2. The van der Waals surface area contributed by atoms with Gasteiger partial charge in [0.2, 0.25) is 5.88 Å². The van der Waals surface area contributed by atoms with Gasteiger partial charge in [-0.2, -0.15) is 0 Å². The maximum Gasteiger partial charge on any atom is 0.217 e. The van der Waals surface area contributed by atoms with Crippen LogP contribution in [0.3, 0.4) is 0 Å². The largest absolute Gasteiger partial charge is 0.493 e. The van der Waals surface area contributed by atoms with Crippen LogP contribution in [0.15, 0.2) is 18.3 Å². The molecule has 0 spiro atoms. The van der Waals surface area contributed by atoms with E-state index in [0.717, 1.165) is 18.6 Å². The Bertz CT molecular complexity index is 490. The van der Waals surface area contributed by atoms with E-state index >= 15 is 0 Å². The van der Waals surface area contributed by atoms with Crippen LogP contribution in [0.2, 0.25) is 0 Å². The Hall–Kier alpha value is -1.29. The predicted molar refractivity (Wildman–Crippen MR) is 94.1 cm³/mol. The van der Waals surface area contributed by atoms with Crippen molar-refractivity contribution in [2.75, 3.05) is 6.61 Å². The molecule has 1 aromatic heterocycles. The van der Waals surface area contributed by atoms with Gasteiger partial charge in [-0.25, -0.2) is 4.98 Å². The van der Waals surface area contributed by atoms with Crippen molar-refractivity contribution in [3.63, 3.8) is 0 Å². The molecule has 0 saturated heterocycles. The number of hydrogen-bond acceptors (Lipinski definition) is 4. The molecule has 1 aliphatic carbocycles. The second kappa shape index (κ2) is 7.52. The lowest BCUT2D eigenvalue weighted by atomic mass is 9.88. The summed E-state index contributed by atoms with van der Waals surface area (Å²) in [5, 5.41) is 3.65. The summed E-state index contributed by atoms with van der Waals surface area (Å²) in [6, 6.07) is 4.89. The number of nitrogens with one attached hydrogen (secondary N) is 1. The second-order valence-electron chi connectivity index (χ2n) is 8.29. The van der Waals surface area contributed by atoms with Crippen LogP contribution in [0.25, 0.3) is 0 Å². The van der Waals surface area contributed by atoms with Gasteiger partial charge in [-0.15, -0.1) is 0 Å². The minimum Gasteiger partial charge on any atom is -0.493 e. The van der Waals surface area contributed by atoms with Gasteiger partial charge in [0.15, 0.2) is 0 Å². The minimum absolute atomic E-state index is 0.143. The van der Waals surface area contributed by atoms with Crippen molar-refractivity contribution in [3.8, 4) is 11.6 Å². The Morgan fingerprint density at radius 3 is 2.57 bits per heavy atom. The van der Waals surface area contributed by atoms with Gasteiger partial charge < -0.3 is 14.8 Å². The van der Waals surface area contributed by atoms with Crippen LogP contribution < -0.4 is 14.8 Å². The highest BCUT2D eigenvalue weighted by Crippen LogP contribution is 2.28. The SMILES string of the molecule is CC(C)[C@H](C)N[C@H]1C[C@H](Oc2cc(OCC(C)(C)C)ccn2)C1. The molecule has 0 radical (unpaired) electrons. The van der Waals surface area contributed by atoms with E-state index in [9.17, 15) is 0 Å². The summed E-state index contributed by atoms with van der Waals surface area (Å²) < 4.78 is 11.8. The first-order valence-electron chi connectivity index (χ1n) is 8.74. The standard InChI is InChI=1S/C19H32N2O2/c1-13(2)14(3)21-15-9-17(10-15)23-18-11-16(7-8-20-18)22-12-19(4,5)6/h7-8,11,13-15,17,21H,9-10,12H2,1-6H3/t14-,15-,17-/m0/s1. The zero-order valence-electron chi connectivity index (χ0n) is 15.4. The van der Waals surface area contributed by atoms with Crippen LogP contribution in [-0.4, -0.2) is 29.8 Å². The fourth-order valence-corrected chi connectivity index (χ4v) is 2.38. The number of rotatable bonds is 7. The molecular weight excluding hydrogens is 288 g/mol. The van der Waals surface area contributed by atoms with Crippen molar-refractivity contribution < 1.29 is 9.47 Å². The molecule has 0 bridgehead atoms. The number of nitrogens with zero attached hydrogens (tertiary/aromatic N) is 1. The van der Waals surface area contributed by atoms with E-state index in [2.05, 4.69) is 51.8 Å². The molecule has 1 N–H and O–H groups in total. The summed E-state index contributed by atoms with van der Waals surface area (Å²) in [6.07, 6.45) is 4.11. The van der Waals surface area contributed by atoms with Crippen LogP contribution in [0.5, 0.6) is 11.6 Å². The third-order valence-electron chi connectivity index (χ3n) is 4.26. The molecule has 130 valence electrons. The van der Waals surface area contributed by atoms with Crippen LogP contribution in [0.4, 0.5) is 0 Å². The highest BCUT2D eigenvalue weighted by molar-refractivity contribution is 5.26. The van der Waals surface area contributed by atoms with Gasteiger partial charge in [0.25, 0.3) is 0 Å². The van der Waals surface area contributed by atoms with E-state index in [4.69, 9.17) is 9.47 Å². The van der Waals surface area contributed by atoms with Crippen molar-refractivity contribution in [2.45, 2.75) is 72.6 Å². The van der Waals surface area contributed by atoms with E-state index in [-0.39, 0.29) is 11.5 Å². The van der Waals surface area contributed by atoms with Crippen LogP contribution in [0.1, 0.15) is 54.4 Å². The molecule has 0 amide bonds. The zero-order valence-corrected chi connectivity index (χ0v) is 15.4. The molecule has 0 aliphatic heterocycles. The fraction of sp³-hybridized carbons (Fsp3) is 0.737. The summed E-state index contributed by atoms with van der Waals surface area (Å²) in [4.78, 5) is 4.30. The van der Waals surface area contributed by atoms with E-state index in [1.807, 2.05) is 12.1 Å². The quantitative estimate of drug-likeness (QED) is 0.823. The second-order valence-corrected chi connectivity index (χ2v) is 8.29. The van der Waals surface area contributed by atoms with Crippen molar-refractivity contribution in [1.82, 2.24) is 10.3 Å². The first kappa shape index (κ1) is 18.1. The van der Waals surface area contributed by atoms with Gasteiger partial charge in [0.05, 0.1) is 6.61 Å². The Kier molecular flexibility index (Phi) is 5.90. The Morgan fingerprint density at radius 2 is 1.96 bits per heavy atom. The van der Waals surface area contributed by atoms with Crippen molar-refractivity contribution in [1.29, 1.82) is 0 Å². The van der Waals surface area contributed by atoms with Crippen molar-refractivity contribution >= 4 is 0 Å². The molecule has 2 rings (SSSR count). The smallest absolute Gasteiger partial charge is 0.217 e. The molecule has 1 heterocycles. The monoisotopic (exact) mass is 320 g/mol. The molecule has 1 aromatic rings. The van der Waals surface area contributed by atoms with Gasteiger partial charge in [0, 0.05) is 24.3 Å². The highest BCUT2D eigenvalue weighted by atomic mass is 16.5. The maximum absolute atomic E-state index is 5.96. The lowest BCUT2D eigenvalue weighted by molar-refractivity contribution is 0.0728. The van der Waals surface area contributed by atoms with Gasteiger partial charge in [-0.3, -0.25) is 0 Å². The lowest BCUT2D eigenvalue weighted by Gasteiger charge is -2.38. The lowest BCUT2D eigenvalue weighted by Crippen LogP contribution is -2.50. The molecule has 0 unspecified atom stereocenters. The van der Waals surface area contributed by atoms with Crippen LogP contribution >= 0.6 is 0 Å². The summed E-state index contributed by atoms with van der Waals surface area (Å²) in [5.74, 6) is 2.15. The van der Waals surface area contributed by atoms with Crippen LogP contribution in [-0.2, 0) is 0 Å². The van der Waals surface area contributed by atoms with E-state index in [0.29, 0.717) is 30.5 Å². The van der Waals surface area contributed by atoms with E-state index < -0.39 is 0 Å². The Morgan fingerprint density at radius 1 is 1.26 bits per heavy atom. The topological polar surface area (TPSA) is 43.4 Å². The average Bonchev–Trinajstić information content (AvgIpc) is 2.42. The number of pyridine rings is 1. The van der Waals surface area contributed by atoms with E-state index in [1.165, 1.54) is 0 Å². The zero-order chi connectivity index (χ0) is 17.0. The van der Waals surface area contributed by atoms with Crippen LogP contribution in [0, 0.1) is 11.3 Å². The number of hydrogen-bond donors (Lipinski definition) is 1. The summed E-state index contributed by atoms with van der Waals surface area (Å²) in [5.41, 5.74) is 0.143. The van der Waals surface area contributed by atoms with Crippen molar-refractivity contribution in [2.24, 2.45) is 11.3 Å². The molecule has 1 fully saturated rings. The third kappa shape index (κ3) is 6.02. The summed E-state index contributed by atoms with van der Waals surface area (Å²) in [6.45, 7) is 13.9. The highest BCUT2D eigenvalue weighted by Gasteiger charge is 2.32. The van der Waals surface area contributed by atoms with Gasteiger partial charge in [-0.1, -0.05) is 34.6 Å². The molecule has 1 saturated carbocycles. The Labute approximate surface area is 141 Å². The van der Waals surface area contributed by atoms with E-state index in [1.54, 1.807) is 6.20 Å². The summed E-state index contributed by atoms with van der Waals surface area (Å²) >= 11 is 0. The molecule has 1 atom stereocenters. The number of aromatic nitrogens is 1. The fourth-order valence-electron chi connectivity index (χ4n) is 2.38. The van der Waals surface area contributed by atoms with Gasteiger partial charge >= 0.3 is 0 Å². The first-order valence-corrected chi connectivity index (χ1v) is 8.74. The minimum atomic E-state index is 0.143. The maximum atomic E-state index is 5.96. The van der Waals surface area contributed by atoms with Crippen molar-refractivity contribution in [3.05, 3.63) is 18.3 Å². The molecule has 4 nitrogen and oxygen atoms in total. The molecule has 0 aromatic carbocycles. The Balaban J connectivity index is 1.77. The van der Waals surface area contributed by atoms with Gasteiger partial charge in [-0.05, 0) is 37.2 Å². The van der Waals surface area contributed by atoms with Gasteiger partial charge in [0.1, 0.15) is 11.9 Å². The predicted octanol–water partition coefficient (Wildman–Crippen LogP) is 4.05. The molecule has 23 heavy (non-hydrogen) atoms. The molecule has 1 aliphatic rings. The summed E-state index contributed by atoms with van der Waals surface area (Å²) in [7, 11) is 0. The third-order valence-corrected chi connectivity index (χ3v) is 4.26. The first-order chi connectivity index (χ1) is 10.7. The molecular formula is C19H32N2O2.